The molecule has 0 aromatic heterocycles. The van der Waals surface area contributed by atoms with Crippen LogP contribution in [-0.4, -0.2) is 28.4 Å². The molecule has 1 aliphatic heterocycles. The van der Waals surface area contributed by atoms with Gasteiger partial charge in [0.15, 0.2) is 0 Å². The van der Waals surface area contributed by atoms with Crippen molar-refractivity contribution >= 4 is 35.1 Å². The molecule has 32 heavy (non-hydrogen) atoms. The minimum atomic E-state index is -0.620. The zero-order valence-electron chi connectivity index (χ0n) is 18.7. The van der Waals surface area contributed by atoms with Crippen molar-refractivity contribution in [3.8, 4) is 0 Å². The van der Waals surface area contributed by atoms with Crippen molar-refractivity contribution in [2.24, 2.45) is 5.92 Å². The molecule has 4 rings (SSSR count). The molecule has 2 aromatic carbocycles. The second-order valence-corrected chi connectivity index (χ2v) is 10.7. The molecule has 6 heteroatoms. The van der Waals surface area contributed by atoms with Gasteiger partial charge < -0.3 is 9.64 Å². The van der Waals surface area contributed by atoms with Gasteiger partial charge in [-0.25, -0.2) is 4.79 Å². The Hall–Kier alpha value is -2.04. The smallest absolute Gasteiger partial charge is 0.329 e. The Morgan fingerprint density at radius 2 is 1.69 bits per heavy atom. The van der Waals surface area contributed by atoms with E-state index >= 15 is 0 Å². The van der Waals surface area contributed by atoms with E-state index < -0.39 is 11.6 Å². The van der Waals surface area contributed by atoms with Gasteiger partial charge in [-0.2, -0.15) is 0 Å². The third kappa shape index (κ3) is 5.13. The highest BCUT2D eigenvalue weighted by Crippen LogP contribution is 2.48. The average molecular weight is 474 g/mol. The van der Waals surface area contributed by atoms with E-state index in [9.17, 15) is 9.59 Å². The maximum absolute atomic E-state index is 13.4. The SMILES string of the molecule is CC(C)(C)OC(=O)C(C1CC1)N1C(=O)CC[C@H](c2cccc(Cl)c2)[C@H]1c1ccc(Cl)cc1. The highest BCUT2D eigenvalue weighted by atomic mass is 35.5. The van der Waals surface area contributed by atoms with Crippen LogP contribution in [0.2, 0.25) is 10.0 Å². The summed E-state index contributed by atoms with van der Waals surface area (Å²) in [6, 6.07) is 14.5. The Morgan fingerprint density at radius 3 is 2.28 bits per heavy atom. The fraction of sp³-hybridized carbons (Fsp3) is 0.462. The van der Waals surface area contributed by atoms with Crippen LogP contribution in [0, 0.1) is 5.92 Å². The monoisotopic (exact) mass is 473 g/mol. The Bertz CT molecular complexity index is 995. The van der Waals surface area contributed by atoms with Gasteiger partial charge in [-0.3, -0.25) is 4.79 Å². The molecule has 2 aliphatic rings. The fourth-order valence-electron chi connectivity index (χ4n) is 4.69. The van der Waals surface area contributed by atoms with Crippen LogP contribution in [0.25, 0.3) is 0 Å². The molecule has 0 radical (unpaired) electrons. The van der Waals surface area contributed by atoms with Gasteiger partial charge in [0, 0.05) is 22.4 Å². The average Bonchev–Trinajstić information content (AvgIpc) is 3.54. The summed E-state index contributed by atoms with van der Waals surface area (Å²) in [5, 5.41) is 1.29. The molecule has 1 saturated carbocycles. The number of amides is 1. The van der Waals surface area contributed by atoms with E-state index in [-0.39, 0.29) is 29.8 Å². The van der Waals surface area contributed by atoms with Crippen molar-refractivity contribution in [2.75, 3.05) is 0 Å². The molecule has 4 nitrogen and oxygen atoms in total. The van der Waals surface area contributed by atoms with Gasteiger partial charge in [-0.1, -0.05) is 47.5 Å². The van der Waals surface area contributed by atoms with Crippen LogP contribution >= 0.6 is 23.2 Å². The maximum atomic E-state index is 13.4. The number of hydrogen-bond donors (Lipinski definition) is 0. The molecule has 1 saturated heterocycles. The normalized spacial score (nSPS) is 22.5. The van der Waals surface area contributed by atoms with Gasteiger partial charge in [-0.15, -0.1) is 0 Å². The molecule has 1 heterocycles. The molecule has 2 fully saturated rings. The second-order valence-electron chi connectivity index (χ2n) is 9.81. The quantitative estimate of drug-likeness (QED) is 0.461. The number of ether oxygens (including phenoxy) is 1. The molecule has 3 atom stereocenters. The summed E-state index contributed by atoms with van der Waals surface area (Å²) in [7, 11) is 0. The minimum Gasteiger partial charge on any atom is -0.458 e. The number of benzene rings is 2. The molecule has 1 amide bonds. The number of carbonyl (C=O) groups is 2. The van der Waals surface area contributed by atoms with Crippen LogP contribution in [-0.2, 0) is 14.3 Å². The Balaban J connectivity index is 1.80. The van der Waals surface area contributed by atoms with Crippen LogP contribution in [0.3, 0.4) is 0 Å². The molecular weight excluding hydrogens is 445 g/mol. The topological polar surface area (TPSA) is 46.6 Å². The van der Waals surface area contributed by atoms with E-state index in [1.807, 2.05) is 74.2 Å². The molecule has 0 spiro atoms. The molecule has 170 valence electrons. The van der Waals surface area contributed by atoms with Gasteiger partial charge in [0.25, 0.3) is 0 Å². The van der Waals surface area contributed by atoms with E-state index in [4.69, 9.17) is 27.9 Å². The number of carbonyl (C=O) groups excluding carboxylic acids is 2. The molecular formula is C26H29Cl2NO3. The van der Waals surface area contributed by atoms with Gasteiger partial charge in [0.2, 0.25) is 5.91 Å². The van der Waals surface area contributed by atoms with Gasteiger partial charge >= 0.3 is 5.97 Å². The van der Waals surface area contributed by atoms with E-state index in [2.05, 4.69) is 0 Å². The zero-order chi connectivity index (χ0) is 23.0. The predicted octanol–water partition coefficient (Wildman–Crippen LogP) is 6.56. The van der Waals surface area contributed by atoms with Crippen molar-refractivity contribution < 1.29 is 14.3 Å². The Morgan fingerprint density at radius 1 is 1.00 bits per heavy atom. The predicted molar refractivity (Wildman–Crippen MR) is 127 cm³/mol. The Kier molecular flexibility index (Phi) is 6.56. The van der Waals surface area contributed by atoms with Crippen molar-refractivity contribution in [1.29, 1.82) is 0 Å². The number of esters is 1. The van der Waals surface area contributed by atoms with Crippen LogP contribution < -0.4 is 0 Å². The number of hydrogen-bond acceptors (Lipinski definition) is 3. The third-order valence-electron chi connectivity index (χ3n) is 6.14. The fourth-order valence-corrected chi connectivity index (χ4v) is 5.01. The molecule has 1 aliphatic carbocycles. The summed E-state index contributed by atoms with van der Waals surface area (Å²) in [4.78, 5) is 28.6. The number of rotatable bonds is 5. The van der Waals surface area contributed by atoms with E-state index in [1.54, 1.807) is 0 Å². The molecule has 2 aromatic rings. The second kappa shape index (κ2) is 9.07. The first kappa shape index (κ1) is 23.1. The first-order valence-electron chi connectivity index (χ1n) is 11.2. The van der Waals surface area contributed by atoms with Crippen molar-refractivity contribution in [1.82, 2.24) is 4.90 Å². The van der Waals surface area contributed by atoms with Crippen molar-refractivity contribution in [3.63, 3.8) is 0 Å². The van der Waals surface area contributed by atoms with Gasteiger partial charge in [0.1, 0.15) is 11.6 Å². The number of halogens is 2. The van der Waals surface area contributed by atoms with Crippen LogP contribution in [0.1, 0.15) is 69.5 Å². The third-order valence-corrected chi connectivity index (χ3v) is 6.63. The van der Waals surface area contributed by atoms with E-state index in [0.717, 1.165) is 24.0 Å². The summed E-state index contributed by atoms with van der Waals surface area (Å²) in [6.07, 6.45) is 2.91. The minimum absolute atomic E-state index is 0.00835. The molecule has 0 bridgehead atoms. The maximum Gasteiger partial charge on any atom is 0.329 e. The lowest BCUT2D eigenvalue weighted by Crippen LogP contribution is -2.53. The Labute approximate surface area is 199 Å². The lowest BCUT2D eigenvalue weighted by atomic mass is 9.78. The highest BCUT2D eigenvalue weighted by molar-refractivity contribution is 6.30. The number of piperidine rings is 1. The van der Waals surface area contributed by atoms with E-state index in [1.165, 1.54) is 0 Å². The summed E-state index contributed by atoms with van der Waals surface area (Å²) in [5.74, 6) is -0.192. The summed E-state index contributed by atoms with van der Waals surface area (Å²) in [5.41, 5.74) is 1.40. The van der Waals surface area contributed by atoms with Gasteiger partial charge in [0.05, 0.1) is 6.04 Å². The lowest BCUT2D eigenvalue weighted by Gasteiger charge is -2.45. The zero-order valence-corrected chi connectivity index (χ0v) is 20.2. The van der Waals surface area contributed by atoms with E-state index in [0.29, 0.717) is 22.9 Å². The summed E-state index contributed by atoms with van der Waals surface area (Å²) in [6.45, 7) is 5.58. The van der Waals surface area contributed by atoms with Crippen molar-refractivity contribution in [2.45, 2.75) is 70.1 Å². The van der Waals surface area contributed by atoms with Crippen LogP contribution in [0.15, 0.2) is 48.5 Å². The lowest BCUT2D eigenvalue weighted by molar-refractivity contribution is -0.169. The number of likely N-dealkylation sites (tertiary alicyclic amines) is 1. The standard InChI is InChI=1S/C26H29Cl2NO3/c1-26(2,3)32-25(31)24(17-7-8-17)29-22(30)14-13-21(18-5-4-6-20(28)15-18)23(29)16-9-11-19(27)12-10-16/h4-6,9-12,15,17,21,23-24H,7-8,13-14H2,1-3H3/t21-,23-,24?/m1/s1. The van der Waals surface area contributed by atoms with Gasteiger partial charge in [-0.05, 0) is 81.3 Å². The highest BCUT2D eigenvalue weighted by Gasteiger charge is 2.50. The largest absolute Gasteiger partial charge is 0.458 e. The number of nitrogens with zero attached hydrogens (tertiary/aromatic N) is 1. The molecule has 1 unspecified atom stereocenters. The molecule has 0 N–H and O–H groups in total. The first-order chi connectivity index (χ1) is 15.1. The van der Waals surface area contributed by atoms with Crippen LogP contribution in [0.5, 0.6) is 0 Å². The summed E-state index contributed by atoms with van der Waals surface area (Å²) >= 11 is 12.5. The van der Waals surface area contributed by atoms with Crippen molar-refractivity contribution in [3.05, 3.63) is 69.7 Å². The first-order valence-corrected chi connectivity index (χ1v) is 11.9. The van der Waals surface area contributed by atoms with Crippen LogP contribution in [0.4, 0.5) is 0 Å². The summed E-state index contributed by atoms with van der Waals surface area (Å²) < 4.78 is 5.79.